The molecular formula is C63H80F2N10O8S2. The highest BCUT2D eigenvalue weighted by atomic mass is 32.1. The van der Waals surface area contributed by atoms with Crippen molar-refractivity contribution in [3.63, 3.8) is 0 Å². The van der Waals surface area contributed by atoms with Crippen molar-refractivity contribution in [1.29, 1.82) is 0 Å². The summed E-state index contributed by atoms with van der Waals surface area (Å²) in [6.45, 7) is 19.3. The Hall–Kier alpha value is -6.14. The molecule has 9 unspecified atom stereocenters. The Bertz CT molecular complexity index is 3210. The van der Waals surface area contributed by atoms with E-state index >= 15 is 8.78 Å². The second-order valence-corrected chi connectivity index (χ2v) is 26.5. The molecule has 0 spiro atoms. The number of hydrogen-bond donors (Lipinski definition) is 2. The van der Waals surface area contributed by atoms with Crippen LogP contribution in [0.15, 0.2) is 65.8 Å². The Morgan fingerprint density at radius 2 is 1.26 bits per heavy atom. The van der Waals surface area contributed by atoms with Crippen molar-refractivity contribution in [3.8, 4) is 22.5 Å². The molecular weight excluding hydrogens is 1130 g/mol. The van der Waals surface area contributed by atoms with Gasteiger partial charge in [0.15, 0.2) is 33.8 Å². The van der Waals surface area contributed by atoms with E-state index in [1.54, 1.807) is 47.4 Å². The summed E-state index contributed by atoms with van der Waals surface area (Å²) in [7, 11) is 4.13. The van der Waals surface area contributed by atoms with Gasteiger partial charge in [-0.3, -0.25) is 33.7 Å². The summed E-state index contributed by atoms with van der Waals surface area (Å²) in [5.74, 6) is -2.74. The monoisotopic (exact) mass is 1210 g/mol. The number of allylic oxidation sites excluding steroid dienone is 2. The van der Waals surface area contributed by atoms with Crippen LogP contribution in [0, 0.1) is 33.9 Å². The zero-order chi connectivity index (χ0) is 60.6. The fourth-order valence-electron chi connectivity index (χ4n) is 13.6. The standard InChI is InChI=1S/C32H40FN5O4S.C31H40FN5O4S/c1-20(2)16-23-17-38(27-25(40)18-42-28(23)27)32(19-39,24-6-4-5-7-24)35-30(41)22-10-8-21(9-11-22)26-29(33)43-31(34-26)37-14-12-36(3)13-15-37;1-6-18(4)24(30(40)37-15-20(13-17(2)3)27-26(37)23(38)16-41-27)22-14-19(7-8-21(22)29(33)39)25-28(32)42-31(34-25)36-11-9-35(5)10-12-36/h8-11,16,19,23-24,27-28H,4-7,12-15,17-18H2,1-3H3,(H,35,41);7-8,13-14,18,20,24,26-27H,6,9-12,15-16H2,1-5H3,(H2,33,39). The summed E-state index contributed by atoms with van der Waals surface area (Å²) in [6.07, 6.45) is 8.40. The zero-order valence-corrected chi connectivity index (χ0v) is 51.6. The number of aldehydes is 1. The van der Waals surface area contributed by atoms with Crippen LogP contribution in [-0.4, -0.2) is 188 Å². The molecule has 8 heterocycles. The number of Topliss-reactive ketones (excluding diaryl/α,β-unsaturated/α-hetero) is 2. The maximum Gasteiger partial charge on any atom is 0.253 e. The Labute approximate surface area is 504 Å². The lowest BCUT2D eigenvalue weighted by Crippen LogP contribution is -2.68. The minimum atomic E-state index is -1.33. The Kier molecular flexibility index (Phi) is 19.0. The lowest BCUT2D eigenvalue weighted by molar-refractivity contribution is -0.138. The van der Waals surface area contributed by atoms with E-state index in [0.29, 0.717) is 52.0 Å². The number of nitrogens with zero attached hydrogens (tertiary/aromatic N) is 8. The number of piperazine rings is 2. The number of amides is 3. The normalized spacial score (nSPS) is 25.2. The third kappa shape index (κ3) is 12.7. The molecule has 85 heavy (non-hydrogen) atoms. The number of likely N-dealkylation sites (tertiary alicyclic amines) is 2. The molecule has 0 radical (unpaired) electrons. The summed E-state index contributed by atoms with van der Waals surface area (Å²) in [5, 5.41) is 3.59. The summed E-state index contributed by atoms with van der Waals surface area (Å²) >= 11 is 2.04. The Morgan fingerprint density at radius 1 is 0.753 bits per heavy atom. The second kappa shape index (κ2) is 26.1. The van der Waals surface area contributed by atoms with E-state index < -0.39 is 46.7 Å². The molecule has 18 nitrogen and oxygen atoms in total. The first-order valence-corrected chi connectivity index (χ1v) is 31.5. The Morgan fingerprint density at radius 3 is 1.78 bits per heavy atom. The molecule has 1 saturated carbocycles. The van der Waals surface area contributed by atoms with Crippen LogP contribution in [0.4, 0.5) is 19.0 Å². The van der Waals surface area contributed by atoms with Gasteiger partial charge in [0.2, 0.25) is 22.1 Å². The Balaban J connectivity index is 0.000000189. The number of anilines is 2. The minimum absolute atomic E-state index is 0.0116. The molecule has 3 amide bonds. The number of ether oxygens (including phenoxy) is 2. The van der Waals surface area contributed by atoms with E-state index in [1.165, 1.54) is 0 Å². The molecule has 7 fully saturated rings. The number of hydrogen-bond acceptors (Lipinski definition) is 17. The van der Waals surface area contributed by atoms with Crippen LogP contribution in [0.3, 0.4) is 0 Å². The average Bonchev–Trinajstić information content (AvgIpc) is 2.08. The van der Waals surface area contributed by atoms with E-state index in [2.05, 4.69) is 61.1 Å². The van der Waals surface area contributed by atoms with Gasteiger partial charge in [0.1, 0.15) is 36.7 Å². The molecule has 1 aliphatic carbocycles. The van der Waals surface area contributed by atoms with Gasteiger partial charge in [0.05, 0.1) is 18.1 Å². The lowest BCUT2D eigenvalue weighted by Gasteiger charge is -2.44. The van der Waals surface area contributed by atoms with Crippen LogP contribution < -0.4 is 20.9 Å². The first-order valence-electron chi connectivity index (χ1n) is 29.9. The van der Waals surface area contributed by atoms with Gasteiger partial charge in [-0.25, -0.2) is 9.97 Å². The quantitative estimate of drug-likeness (QED) is 0.0827. The summed E-state index contributed by atoms with van der Waals surface area (Å²) < 4.78 is 42.2. The molecule has 6 saturated heterocycles. The number of rotatable bonds is 16. The highest BCUT2D eigenvalue weighted by Crippen LogP contribution is 2.45. The van der Waals surface area contributed by atoms with Gasteiger partial charge in [0, 0.05) is 105 Å². The van der Waals surface area contributed by atoms with Crippen LogP contribution in [0.5, 0.6) is 0 Å². The second-order valence-electron chi connectivity index (χ2n) is 24.6. The van der Waals surface area contributed by atoms with Gasteiger partial charge in [-0.1, -0.05) is 97.3 Å². The van der Waals surface area contributed by atoms with Crippen LogP contribution in [-0.2, 0) is 28.7 Å². The summed E-state index contributed by atoms with van der Waals surface area (Å²) in [6, 6.07) is 10.3. The van der Waals surface area contributed by atoms with Crippen LogP contribution in [0.25, 0.3) is 22.5 Å². The first-order chi connectivity index (χ1) is 40.7. The van der Waals surface area contributed by atoms with Crippen LogP contribution in [0.1, 0.15) is 106 Å². The molecule has 22 heteroatoms. The van der Waals surface area contributed by atoms with E-state index in [4.69, 9.17) is 15.2 Å². The van der Waals surface area contributed by atoms with Gasteiger partial charge < -0.3 is 45.0 Å². The van der Waals surface area contributed by atoms with Crippen LogP contribution in [0.2, 0.25) is 0 Å². The number of nitrogens with one attached hydrogen (secondary N) is 1. The van der Waals surface area contributed by atoms with Crippen molar-refractivity contribution in [2.75, 3.05) is 103 Å². The van der Waals surface area contributed by atoms with E-state index in [9.17, 15) is 28.8 Å². The van der Waals surface area contributed by atoms with Crippen molar-refractivity contribution >= 4 is 68.5 Å². The molecule has 2 aromatic heterocycles. The third-order valence-corrected chi connectivity index (χ3v) is 20.1. The highest BCUT2D eigenvalue weighted by Gasteiger charge is 2.59. The number of benzene rings is 2. The number of nitrogens with two attached hydrogens (primary N) is 1. The number of fused-ring (bicyclic) bond motifs is 2. The number of carbonyl (C=O) groups excluding carboxylic acids is 6. The van der Waals surface area contributed by atoms with Crippen molar-refractivity contribution in [3.05, 3.63) is 92.7 Å². The number of ketones is 2. The van der Waals surface area contributed by atoms with Gasteiger partial charge in [0.25, 0.3) is 5.91 Å². The number of thiazole rings is 2. The molecule has 9 atom stereocenters. The van der Waals surface area contributed by atoms with Gasteiger partial charge in [-0.15, -0.1) is 0 Å². The molecule has 7 aliphatic rings. The highest BCUT2D eigenvalue weighted by molar-refractivity contribution is 7.14. The van der Waals surface area contributed by atoms with Crippen molar-refractivity contribution in [1.82, 2.24) is 34.9 Å². The lowest BCUT2D eigenvalue weighted by atomic mass is 9.81. The number of aromatic nitrogens is 2. The molecule has 3 N–H and O–H groups in total. The SMILES string of the molecule is CC(C)=CC1CN(C(C=O)(NC(=O)c2ccc(-c3nc(N4CCN(C)CC4)sc3F)cc2)C2CCCC2)C2C(=O)COC12.CCC(C)C(C(=O)N1CC(C=C(C)C)C2OCC(=O)C21)c1cc(-c2nc(N3CCN(C)CC3)sc2F)ccc1C(N)=O. The maximum atomic E-state index is 15.4. The summed E-state index contributed by atoms with van der Waals surface area (Å²) in [4.78, 5) is 101. The van der Waals surface area contributed by atoms with Gasteiger partial charge >= 0.3 is 0 Å². The van der Waals surface area contributed by atoms with Crippen molar-refractivity contribution in [2.24, 2.45) is 29.4 Å². The number of primary amides is 1. The molecule has 456 valence electrons. The number of likely N-dealkylation sites (N-methyl/N-ethyl adjacent to an activating group) is 2. The van der Waals surface area contributed by atoms with Gasteiger partial charge in [-0.05, 0) is 90.4 Å². The van der Waals surface area contributed by atoms with E-state index in [-0.39, 0.29) is 82.5 Å². The fourth-order valence-corrected chi connectivity index (χ4v) is 15.4. The molecule has 11 rings (SSSR count). The minimum Gasteiger partial charge on any atom is -0.368 e. The molecule has 6 aliphatic heterocycles. The third-order valence-electron chi connectivity index (χ3n) is 18.3. The average molecular weight is 1210 g/mol. The summed E-state index contributed by atoms with van der Waals surface area (Å²) in [5.41, 5.74) is 9.20. The largest absolute Gasteiger partial charge is 0.368 e. The number of halogens is 2. The van der Waals surface area contributed by atoms with Gasteiger partial charge in [-0.2, -0.15) is 8.78 Å². The first kappa shape index (κ1) is 61.9. The van der Waals surface area contributed by atoms with E-state index in [0.717, 1.165) is 118 Å². The van der Waals surface area contributed by atoms with Crippen molar-refractivity contribution in [2.45, 2.75) is 110 Å². The molecule has 2 aromatic carbocycles. The maximum absolute atomic E-state index is 15.4. The fraction of sp³-hybridized carbons (Fsp3) is 0.556. The topological polar surface area (TPSA) is 204 Å². The predicted octanol–water partition coefficient (Wildman–Crippen LogP) is 7.44. The zero-order valence-electron chi connectivity index (χ0n) is 50.0. The smallest absolute Gasteiger partial charge is 0.253 e. The molecule has 0 bridgehead atoms. The number of carbonyl (C=O) groups is 6. The molecule has 4 aromatic rings. The van der Waals surface area contributed by atoms with Crippen molar-refractivity contribution < 1.29 is 47.0 Å². The van der Waals surface area contributed by atoms with Crippen LogP contribution >= 0.6 is 22.7 Å². The predicted molar refractivity (Wildman–Crippen MR) is 325 cm³/mol. The van der Waals surface area contributed by atoms with E-state index in [1.807, 2.05) is 46.4 Å².